The number of aryl methyl sites for hydroxylation is 1. The van der Waals surface area contributed by atoms with Crippen LogP contribution in [-0.4, -0.2) is 23.9 Å². The van der Waals surface area contributed by atoms with Gasteiger partial charge in [0.05, 0.1) is 17.6 Å². The number of benzene rings is 1. The van der Waals surface area contributed by atoms with E-state index >= 15 is 0 Å². The maximum Gasteiger partial charge on any atom is 0.256 e. The van der Waals surface area contributed by atoms with E-state index in [9.17, 15) is 9.18 Å². The van der Waals surface area contributed by atoms with Crippen molar-refractivity contribution in [3.8, 4) is 6.07 Å². The molecule has 18 heavy (non-hydrogen) atoms. The lowest BCUT2D eigenvalue weighted by molar-refractivity contribution is 0.0748. The molecule has 1 aromatic carbocycles. The molecule has 0 aliphatic heterocycles. The zero-order valence-corrected chi connectivity index (χ0v) is 10.9. The van der Waals surface area contributed by atoms with Gasteiger partial charge in [0.1, 0.15) is 5.82 Å². The molecule has 3 nitrogen and oxygen atoms in total. The van der Waals surface area contributed by atoms with Gasteiger partial charge in [-0.1, -0.05) is 12.1 Å². The lowest BCUT2D eigenvalue weighted by Gasteiger charge is -2.22. The van der Waals surface area contributed by atoms with Crippen LogP contribution in [0.15, 0.2) is 18.2 Å². The number of halogens is 1. The van der Waals surface area contributed by atoms with Gasteiger partial charge in [-0.25, -0.2) is 4.39 Å². The van der Waals surface area contributed by atoms with Crippen LogP contribution in [0.3, 0.4) is 0 Å². The van der Waals surface area contributed by atoms with Gasteiger partial charge >= 0.3 is 0 Å². The second-order valence-electron chi connectivity index (χ2n) is 4.31. The molecule has 1 aromatic rings. The largest absolute Gasteiger partial charge is 0.338 e. The molecular weight excluding hydrogens is 231 g/mol. The van der Waals surface area contributed by atoms with Crippen LogP contribution >= 0.6 is 0 Å². The first-order valence-corrected chi connectivity index (χ1v) is 5.95. The van der Waals surface area contributed by atoms with Crippen molar-refractivity contribution in [3.05, 3.63) is 35.1 Å². The first kappa shape index (κ1) is 14.2. The Morgan fingerprint density at radius 2 is 2.22 bits per heavy atom. The molecule has 4 heteroatoms. The van der Waals surface area contributed by atoms with E-state index in [1.54, 1.807) is 26.0 Å². The molecule has 0 radical (unpaired) electrons. The van der Waals surface area contributed by atoms with Crippen molar-refractivity contribution >= 4 is 5.91 Å². The van der Waals surface area contributed by atoms with E-state index < -0.39 is 5.82 Å². The summed E-state index contributed by atoms with van der Waals surface area (Å²) in [4.78, 5) is 13.7. The molecule has 1 rings (SSSR count). The van der Waals surface area contributed by atoms with E-state index in [1.807, 2.05) is 6.92 Å². The van der Waals surface area contributed by atoms with Gasteiger partial charge in [-0.05, 0) is 32.4 Å². The van der Waals surface area contributed by atoms with Crippen LogP contribution in [0, 0.1) is 30.0 Å². The zero-order valence-electron chi connectivity index (χ0n) is 10.9. The highest BCUT2D eigenvalue weighted by Crippen LogP contribution is 2.15. The minimum Gasteiger partial charge on any atom is -0.338 e. The summed E-state index contributed by atoms with van der Waals surface area (Å²) in [6, 6.07) is 6.84. The second-order valence-corrected chi connectivity index (χ2v) is 4.31. The number of carbonyl (C=O) groups is 1. The molecule has 0 aliphatic carbocycles. The third-order valence-corrected chi connectivity index (χ3v) is 2.81. The molecule has 0 bridgehead atoms. The summed E-state index contributed by atoms with van der Waals surface area (Å²) in [5.74, 6) is -1.10. The molecule has 0 fully saturated rings. The van der Waals surface area contributed by atoms with Crippen LogP contribution in [0.4, 0.5) is 4.39 Å². The van der Waals surface area contributed by atoms with Gasteiger partial charge in [-0.2, -0.15) is 5.26 Å². The number of hydrogen-bond acceptors (Lipinski definition) is 2. The highest BCUT2D eigenvalue weighted by Gasteiger charge is 2.20. The molecule has 96 valence electrons. The summed E-state index contributed by atoms with van der Waals surface area (Å²) in [7, 11) is 0. The van der Waals surface area contributed by atoms with E-state index in [-0.39, 0.29) is 17.4 Å². The van der Waals surface area contributed by atoms with Crippen molar-refractivity contribution in [1.29, 1.82) is 5.26 Å². The minimum atomic E-state index is -0.481. The maximum absolute atomic E-state index is 13.9. The van der Waals surface area contributed by atoms with Gasteiger partial charge in [0.15, 0.2) is 0 Å². The summed E-state index contributed by atoms with van der Waals surface area (Å²) in [6.45, 7) is 5.95. The molecule has 0 aliphatic rings. The molecule has 1 atom stereocenters. The summed E-state index contributed by atoms with van der Waals surface area (Å²) in [5, 5.41) is 8.77. The Balaban J connectivity index is 2.97. The molecule has 0 aromatic heterocycles. The van der Waals surface area contributed by atoms with E-state index in [0.29, 0.717) is 18.7 Å². The fraction of sp³-hybridized carbons (Fsp3) is 0.429. The standard InChI is InChI=1S/C14H17FN2O/c1-4-17(9-10(2)8-16)14(18)12-7-5-6-11(3)13(12)15/h5-7,10H,4,9H2,1-3H3. The van der Waals surface area contributed by atoms with Crippen molar-refractivity contribution in [3.63, 3.8) is 0 Å². The number of amides is 1. The summed E-state index contributed by atoms with van der Waals surface area (Å²) in [6.07, 6.45) is 0. The Hall–Kier alpha value is -1.89. The predicted octanol–water partition coefficient (Wildman–Crippen LogP) is 2.76. The fourth-order valence-corrected chi connectivity index (χ4v) is 1.71. The SMILES string of the molecule is CCN(CC(C)C#N)C(=O)c1cccc(C)c1F. The molecule has 0 heterocycles. The Labute approximate surface area is 107 Å². The molecule has 0 spiro atoms. The van der Waals surface area contributed by atoms with Gasteiger partial charge in [0, 0.05) is 13.1 Å². The Morgan fingerprint density at radius 1 is 1.56 bits per heavy atom. The van der Waals surface area contributed by atoms with Crippen molar-refractivity contribution in [2.45, 2.75) is 20.8 Å². The topological polar surface area (TPSA) is 44.1 Å². The van der Waals surface area contributed by atoms with Crippen LogP contribution in [0.2, 0.25) is 0 Å². The van der Waals surface area contributed by atoms with Gasteiger partial charge < -0.3 is 4.90 Å². The number of nitriles is 1. The van der Waals surface area contributed by atoms with E-state index in [2.05, 4.69) is 6.07 Å². The lowest BCUT2D eigenvalue weighted by Crippen LogP contribution is -2.34. The van der Waals surface area contributed by atoms with Crippen LogP contribution in [0.25, 0.3) is 0 Å². The van der Waals surface area contributed by atoms with Gasteiger partial charge in [-0.15, -0.1) is 0 Å². The number of nitrogens with zero attached hydrogens (tertiary/aromatic N) is 2. The Kier molecular flexibility index (Phi) is 4.85. The monoisotopic (exact) mass is 248 g/mol. The van der Waals surface area contributed by atoms with Crippen LogP contribution in [0.5, 0.6) is 0 Å². The van der Waals surface area contributed by atoms with E-state index in [1.165, 1.54) is 11.0 Å². The molecule has 0 saturated heterocycles. The highest BCUT2D eigenvalue weighted by molar-refractivity contribution is 5.94. The number of carbonyl (C=O) groups excluding carboxylic acids is 1. The summed E-state index contributed by atoms with van der Waals surface area (Å²) in [5.41, 5.74) is 0.521. The quantitative estimate of drug-likeness (QED) is 0.822. The summed E-state index contributed by atoms with van der Waals surface area (Å²) >= 11 is 0. The fourth-order valence-electron chi connectivity index (χ4n) is 1.71. The molecule has 0 saturated carbocycles. The highest BCUT2D eigenvalue weighted by atomic mass is 19.1. The minimum absolute atomic E-state index is 0.0713. The van der Waals surface area contributed by atoms with Crippen molar-refractivity contribution < 1.29 is 9.18 Å². The first-order valence-electron chi connectivity index (χ1n) is 5.95. The van der Waals surface area contributed by atoms with Gasteiger partial charge in [-0.3, -0.25) is 4.79 Å². The third-order valence-electron chi connectivity index (χ3n) is 2.81. The first-order chi connectivity index (χ1) is 8.51. The zero-order chi connectivity index (χ0) is 13.7. The second kappa shape index (κ2) is 6.15. The van der Waals surface area contributed by atoms with E-state index in [4.69, 9.17) is 5.26 Å². The van der Waals surface area contributed by atoms with Crippen molar-refractivity contribution in [2.75, 3.05) is 13.1 Å². The average Bonchev–Trinajstić information content (AvgIpc) is 2.38. The van der Waals surface area contributed by atoms with Crippen LogP contribution in [0.1, 0.15) is 29.8 Å². The predicted molar refractivity (Wildman–Crippen MR) is 67.5 cm³/mol. The number of hydrogen-bond donors (Lipinski definition) is 0. The Morgan fingerprint density at radius 3 is 2.78 bits per heavy atom. The van der Waals surface area contributed by atoms with Gasteiger partial charge in [0.25, 0.3) is 5.91 Å². The molecular formula is C14H17FN2O. The van der Waals surface area contributed by atoms with Crippen molar-refractivity contribution in [2.24, 2.45) is 5.92 Å². The number of rotatable bonds is 4. The van der Waals surface area contributed by atoms with E-state index in [0.717, 1.165) is 0 Å². The third kappa shape index (κ3) is 3.07. The smallest absolute Gasteiger partial charge is 0.256 e. The summed E-state index contributed by atoms with van der Waals surface area (Å²) < 4.78 is 13.9. The lowest BCUT2D eigenvalue weighted by atomic mass is 10.1. The van der Waals surface area contributed by atoms with Crippen LogP contribution in [-0.2, 0) is 0 Å². The molecule has 0 N–H and O–H groups in total. The Bertz CT molecular complexity index is 479. The normalized spacial score (nSPS) is 11.7. The molecule has 1 amide bonds. The van der Waals surface area contributed by atoms with Crippen molar-refractivity contribution in [1.82, 2.24) is 4.90 Å². The van der Waals surface area contributed by atoms with Gasteiger partial charge in [0.2, 0.25) is 0 Å². The van der Waals surface area contributed by atoms with Crippen LogP contribution < -0.4 is 0 Å². The maximum atomic E-state index is 13.9. The molecule has 1 unspecified atom stereocenters. The average molecular weight is 248 g/mol.